The smallest absolute Gasteiger partial charge is 0.323 e. The molecule has 0 amide bonds. The standard InChI is InChI=1S/C12H15NO4/c1-17-12(16)10(7-11(14)15)13-8-9-5-3-2-4-6-9/h2-6,10,13H,7-8H2,1H3,(H,14,15). The van der Waals surface area contributed by atoms with Gasteiger partial charge in [-0.1, -0.05) is 30.3 Å². The van der Waals surface area contributed by atoms with Gasteiger partial charge in [-0.15, -0.1) is 0 Å². The maximum Gasteiger partial charge on any atom is 0.323 e. The first kappa shape index (κ1) is 13.2. The van der Waals surface area contributed by atoms with Crippen molar-refractivity contribution in [2.24, 2.45) is 0 Å². The Balaban J connectivity index is 2.55. The number of rotatable bonds is 6. The van der Waals surface area contributed by atoms with Crippen molar-refractivity contribution in [1.82, 2.24) is 5.32 Å². The topological polar surface area (TPSA) is 75.6 Å². The molecule has 0 aliphatic rings. The molecule has 2 N–H and O–H groups in total. The summed E-state index contributed by atoms with van der Waals surface area (Å²) in [5.41, 5.74) is 0.979. The molecule has 1 atom stereocenters. The van der Waals surface area contributed by atoms with Crippen LogP contribution in [0, 0.1) is 0 Å². The molecule has 17 heavy (non-hydrogen) atoms. The van der Waals surface area contributed by atoms with Crippen molar-refractivity contribution >= 4 is 11.9 Å². The van der Waals surface area contributed by atoms with E-state index in [2.05, 4.69) is 10.1 Å². The first-order valence-electron chi connectivity index (χ1n) is 5.20. The number of aliphatic carboxylic acids is 1. The summed E-state index contributed by atoms with van der Waals surface area (Å²) in [4.78, 5) is 21.9. The molecule has 0 saturated carbocycles. The molecule has 5 nitrogen and oxygen atoms in total. The Kier molecular flexibility index (Phi) is 5.16. The largest absolute Gasteiger partial charge is 0.481 e. The summed E-state index contributed by atoms with van der Waals surface area (Å²) in [5.74, 6) is -1.61. The summed E-state index contributed by atoms with van der Waals surface area (Å²) in [7, 11) is 1.24. The van der Waals surface area contributed by atoms with Crippen LogP contribution in [0.25, 0.3) is 0 Å². The fourth-order valence-electron chi connectivity index (χ4n) is 1.39. The minimum atomic E-state index is -1.04. The Hall–Kier alpha value is -1.88. The Morgan fingerprint density at radius 2 is 2.00 bits per heavy atom. The third-order valence-corrected chi connectivity index (χ3v) is 2.26. The molecule has 0 aliphatic heterocycles. The van der Waals surface area contributed by atoms with Crippen molar-refractivity contribution in [3.05, 3.63) is 35.9 Å². The minimum absolute atomic E-state index is 0.292. The average Bonchev–Trinajstić information content (AvgIpc) is 2.34. The maximum atomic E-state index is 11.3. The summed E-state index contributed by atoms with van der Waals surface area (Å²) in [6.07, 6.45) is -0.292. The van der Waals surface area contributed by atoms with Crippen molar-refractivity contribution < 1.29 is 19.4 Å². The van der Waals surface area contributed by atoms with Gasteiger partial charge in [0.05, 0.1) is 13.5 Å². The molecule has 1 aromatic rings. The molecule has 1 aromatic carbocycles. The van der Waals surface area contributed by atoms with Gasteiger partial charge in [0, 0.05) is 6.54 Å². The molecule has 0 spiro atoms. The number of esters is 1. The predicted molar refractivity (Wildman–Crippen MR) is 61.3 cm³/mol. The van der Waals surface area contributed by atoms with Crippen LogP contribution in [-0.4, -0.2) is 30.2 Å². The fraction of sp³-hybridized carbons (Fsp3) is 0.333. The molecule has 0 bridgehead atoms. The second kappa shape index (κ2) is 6.65. The highest BCUT2D eigenvalue weighted by Gasteiger charge is 2.21. The van der Waals surface area contributed by atoms with E-state index in [9.17, 15) is 9.59 Å². The lowest BCUT2D eigenvalue weighted by molar-refractivity contribution is -0.148. The summed E-state index contributed by atoms with van der Waals surface area (Å²) in [6.45, 7) is 0.424. The second-order valence-electron chi connectivity index (χ2n) is 3.54. The fourth-order valence-corrected chi connectivity index (χ4v) is 1.39. The Bertz CT molecular complexity index is 377. The van der Waals surface area contributed by atoms with Gasteiger partial charge in [-0.3, -0.25) is 14.9 Å². The highest BCUT2D eigenvalue weighted by atomic mass is 16.5. The van der Waals surface area contributed by atoms with E-state index in [0.29, 0.717) is 6.54 Å². The number of ether oxygens (including phenoxy) is 1. The number of carboxylic acid groups (broad SMARTS) is 1. The van der Waals surface area contributed by atoms with E-state index in [4.69, 9.17) is 5.11 Å². The molecule has 0 radical (unpaired) electrons. The molecule has 1 unspecified atom stereocenters. The van der Waals surface area contributed by atoms with Crippen LogP contribution in [0.2, 0.25) is 0 Å². The van der Waals surface area contributed by atoms with Crippen molar-refractivity contribution in [2.45, 2.75) is 19.0 Å². The van der Waals surface area contributed by atoms with E-state index >= 15 is 0 Å². The van der Waals surface area contributed by atoms with Gasteiger partial charge >= 0.3 is 11.9 Å². The van der Waals surface area contributed by atoms with Gasteiger partial charge in [0.25, 0.3) is 0 Å². The Morgan fingerprint density at radius 1 is 1.35 bits per heavy atom. The molecule has 1 rings (SSSR count). The normalized spacial score (nSPS) is 11.8. The minimum Gasteiger partial charge on any atom is -0.481 e. The van der Waals surface area contributed by atoms with Crippen molar-refractivity contribution in [2.75, 3.05) is 7.11 Å². The van der Waals surface area contributed by atoms with Crippen LogP contribution in [0.5, 0.6) is 0 Å². The molecule has 0 fully saturated rings. The van der Waals surface area contributed by atoms with Crippen LogP contribution < -0.4 is 5.32 Å². The average molecular weight is 237 g/mol. The number of hydrogen-bond acceptors (Lipinski definition) is 4. The van der Waals surface area contributed by atoms with E-state index in [1.807, 2.05) is 30.3 Å². The van der Waals surface area contributed by atoms with E-state index < -0.39 is 18.0 Å². The van der Waals surface area contributed by atoms with Crippen LogP contribution in [0.1, 0.15) is 12.0 Å². The summed E-state index contributed by atoms with van der Waals surface area (Å²) in [6, 6.07) is 8.60. The number of carbonyl (C=O) groups is 2. The van der Waals surface area contributed by atoms with Crippen LogP contribution in [0.15, 0.2) is 30.3 Å². The molecular formula is C12H15NO4. The van der Waals surface area contributed by atoms with Gasteiger partial charge in [-0.25, -0.2) is 0 Å². The van der Waals surface area contributed by atoms with Crippen molar-refractivity contribution in [3.63, 3.8) is 0 Å². The van der Waals surface area contributed by atoms with E-state index in [0.717, 1.165) is 5.56 Å². The van der Waals surface area contributed by atoms with Gasteiger partial charge < -0.3 is 9.84 Å². The van der Waals surface area contributed by atoms with Crippen molar-refractivity contribution in [3.8, 4) is 0 Å². The molecule has 5 heteroatoms. The lowest BCUT2D eigenvalue weighted by Gasteiger charge is -2.14. The zero-order chi connectivity index (χ0) is 12.7. The van der Waals surface area contributed by atoms with Crippen LogP contribution in [-0.2, 0) is 20.9 Å². The summed E-state index contributed by atoms with van der Waals surface area (Å²) >= 11 is 0. The van der Waals surface area contributed by atoms with E-state index in [1.165, 1.54) is 7.11 Å². The predicted octanol–water partition coefficient (Wildman–Crippen LogP) is 0.792. The monoisotopic (exact) mass is 237 g/mol. The number of carbonyl (C=O) groups excluding carboxylic acids is 1. The summed E-state index contributed by atoms with van der Waals surface area (Å²) < 4.78 is 4.54. The Labute approximate surface area is 99.4 Å². The van der Waals surface area contributed by atoms with Crippen LogP contribution in [0.3, 0.4) is 0 Å². The molecular weight excluding hydrogens is 222 g/mol. The van der Waals surface area contributed by atoms with Crippen LogP contribution >= 0.6 is 0 Å². The highest BCUT2D eigenvalue weighted by molar-refractivity contribution is 5.81. The van der Waals surface area contributed by atoms with Gasteiger partial charge in [0.15, 0.2) is 0 Å². The quantitative estimate of drug-likeness (QED) is 0.715. The lowest BCUT2D eigenvalue weighted by atomic mass is 10.1. The van der Waals surface area contributed by atoms with Gasteiger partial charge in [-0.05, 0) is 5.56 Å². The molecule has 92 valence electrons. The number of methoxy groups -OCH3 is 1. The SMILES string of the molecule is COC(=O)C(CC(=O)O)NCc1ccccc1. The molecule has 0 heterocycles. The first-order chi connectivity index (χ1) is 8.13. The first-order valence-corrected chi connectivity index (χ1v) is 5.20. The zero-order valence-corrected chi connectivity index (χ0v) is 9.55. The lowest BCUT2D eigenvalue weighted by Crippen LogP contribution is -2.38. The van der Waals surface area contributed by atoms with Gasteiger partial charge in [0.2, 0.25) is 0 Å². The van der Waals surface area contributed by atoms with Crippen LogP contribution in [0.4, 0.5) is 0 Å². The zero-order valence-electron chi connectivity index (χ0n) is 9.55. The number of carboxylic acids is 1. The van der Waals surface area contributed by atoms with E-state index in [1.54, 1.807) is 0 Å². The van der Waals surface area contributed by atoms with Gasteiger partial charge in [0.1, 0.15) is 6.04 Å². The number of benzene rings is 1. The molecule has 0 aliphatic carbocycles. The second-order valence-corrected chi connectivity index (χ2v) is 3.54. The molecule has 0 saturated heterocycles. The number of hydrogen-bond donors (Lipinski definition) is 2. The third kappa shape index (κ3) is 4.65. The maximum absolute atomic E-state index is 11.3. The number of nitrogens with one attached hydrogen (secondary N) is 1. The van der Waals surface area contributed by atoms with Gasteiger partial charge in [-0.2, -0.15) is 0 Å². The summed E-state index contributed by atoms with van der Waals surface area (Å²) in [5, 5.41) is 11.5. The highest BCUT2D eigenvalue weighted by Crippen LogP contribution is 2.01. The Morgan fingerprint density at radius 3 is 2.53 bits per heavy atom. The van der Waals surface area contributed by atoms with E-state index in [-0.39, 0.29) is 6.42 Å². The van der Waals surface area contributed by atoms with Crippen molar-refractivity contribution in [1.29, 1.82) is 0 Å². The third-order valence-electron chi connectivity index (χ3n) is 2.26. The molecule has 0 aromatic heterocycles.